The molecule has 26 heavy (non-hydrogen) atoms. The van der Waals surface area contributed by atoms with Crippen LogP contribution in [0.4, 0.5) is 0 Å². The number of aromatic amines is 1. The third-order valence-electron chi connectivity index (χ3n) is 4.98. The summed E-state index contributed by atoms with van der Waals surface area (Å²) in [5.74, 6) is 1.02. The van der Waals surface area contributed by atoms with Gasteiger partial charge in [0.1, 0.15) is 11.3 Å². The Morgan fingerprint density at radius 2 is 2.19 bits per heavy atom. The van der Waals surface area contributed by atoms with E-state index >= 15 is 0 Å². The first-order valence-electron chi connectivity index (χ1n) is 9.01. The number of nitrogens with one attached hydrogen (secondary N) is 1. The fourth-order valence-electron chi connectivity index (χ4n) is 3.41. The van der Waals surface area contributed by atoms with Crippen molar-refractivity contribution < 1.29 is 9.53 Å². The van der Waals surface area contributed by atoms with Gasteiger partial charge < -0.3 is 14.6 Å². The summed E-state index contributed by atoms with van der Waals surface area (Å²) in [6.07, 6.45) is 4.68. The fourth-order valence-corrected chi connectivity index (χ4v) is 4.21. The number of hydrogen-bond donors (Lipinski definition) is 1. The molecule has 1 aliphatic carbocycles. The van der Waals surface area contributed by atoms with E-state index in [0.29, 0.717) is 11.8 Å². The van der Waals surface area contributed by atoms with Gasteiger partial charge in [-0.05, 0) is 31.9 Å². The van der Waals surface area contributed by atoms with Crippen LogP contribution >= 0.6 is 11.8 Å². The summed E-state index contributed by atoms with van der Waals surface area (Å²) in [6.45, 7) is 2.56. The molecule has 0 atom stereocenters. The largest absolute Gasteiger partial charge is 0.494 e. The van der Waals surface area contributed by atoms with Crippen molar-refractivity contribution in [2.75, 3.05) is 19.4 Å². The highest BCUT2D eigenvalue weighted by molar-refractivity contribution is 7.99. The maximum atomic E-state index is 12.6. The highest BCUT2D eigenvalue weighted by Crippen LogP contribution is 2.33. The molecule has 1 aliphatic rings. The molecule has 1 saturated carbocycles. The lowest BCUT2D eigenvalue weighted by Crippen LogP contribution is -2.50. The van der Waals surface area contributed by atoms with Gasteiger partial charge in [0.15, 0.2) is 5.16 Å². The highest BCUT2D eigenvalue weighted by Gasteiger charge is 2.38. The Morgan fingerprint density at radius 3 is 2.88 bits per heavy atom. The molecule has 3 rings (SSSR count). The van der Waals surface area contributed by atoms with Crippen LogP contribution in [0.1, 0.15) is 39.0 Å². The van der Waals surface area contributed by atoms with Gasteiger partial charge in [-0.25, -0.2) is 4.98 Å². The molecule has 138 valence electrons. The predicted octanol–water partition coefficient (Wildman–Crippen LogP) is 3.74. The van der Waals surface area contributed by atoms with Gasteiger partial charge >= 0.3 is 0 Å². The Balaban J connectivity index is 1.65. The zero-order valence-electron chi connectivity index (χ0n) is 15.2. The first-order valence-corrected chi connectivity index (χ1v) is 10.00. The van der Waals surface area contributed by atoms with Crippen molar-refractivity contribution >= 4 is 28.7 Å². The summed E-state index contributed by atoms with van der Waals surface area (Å²) in [6, 6.07) is 8.10. The Kier molecular flexibility index (Phi) is 5.72. The number of nitriles is 1. The van der Waals surface area contributed by atoms with E-state index in [4.69, 9.17) is 4.74 Å². The van der Waals surface area contributed by atoms with Gasteiger partial charge in [0.2, 0.25) is 5.91 Å². The Labute approximate surface area is 157 Å². The Morgan fingerprint density at radius 1 is 1.42 bits per heavy atom. The molecule has 1 heterocycles. The quantitative estimate of drug-likeness (QED) is 0.781. The van der Waals surface area contributed by atoms with Crippen molar-refractivity contribution in [1.82, 2.24) is 14.9 Å². The molecule has 0 saturated heterocycles. The molecule has 2 aromatic rings. The highest BCUT2D eigenvalue weighted by atomic mass is 32.2. The Bertz CT molecular complexity index is 821. The van der Waals surface area contributed by atoms with Gasteiger partial charge in [-0.2, -0.15) is 5.26 Å². The van der Waals surface area contributed by atoms with Gasteiger partial charge in [0, 0.05) is 13.1 Å². The molecule has 0 bridgehead atoms. The van der Waals surface area contributed by atoms with Crippen LogP contribution in [0.15, 0.2) is 23.4 Å². The second-order valence-electron chi connectivity index (χ2n) is 6.60. The molecule has 1 aromatic heterocycles. The number of amides is 1. The molecule has 7 heteroatoms. The molecular weight excluding hydrogens is 348 g/mol. The first-order chi connectivity index (χ1) is 12.6. The lowest BCUT2D eigenvalue weighted by atomic mass is 9.81. The summed E-state index contributed by atoms with van der Waals surface area (Å²) in [5.41, 5.74) is 1.09. The van der Waals surface area contributed by atoms with Gasteiger partial charge in [-0.3, -0.25) is 4.79 Å². The zero-order valence-corrected chi connectivity index (χ0v) is 16.1. The number of hydrogen-bond acceptors (Lipinski definition) is 5. The number of fused-ring (bicyclic) bond motifs is 1. The van der Waals surface area contributed by atoms with Gasteiger partial charge in [0.25, 0.3) is 0 Å². The topological polar surface area (TPSA) is 82.0 Å². The van der Waals surface area contributed by atoms with E-state index in [1.165, 1.54) is 11.8 Å². The van der Waals surface area contributed by atoms with Crippen LogP contribution in [-0.4, -0.2) is 45.7 Å². The van der Waals surface area contributed by atoms with Crippen LogP contribution in [-0.2, 0) is 4.79 Å². The molecule has 0 spiro atoms. The monoisotopic (exact) mass is 372 g/mol. The van der Waals surface area contributed by atoms with Crippen LogP contribution in [0.5, 0.6) is 5.75 Å². The zero-order chi connectivity index (χ0) is 18.6. The molecule has 1 N–H and O–H groups in total. The van der Waals surface area contributed by atoms with E-state index in [0.717, 1.165) is 48.9 Å². The third kappa shape index (κ3) is 3.80. The Hall–Kier alpha value is -2.20. The minimum atomic E-state index is -0.643. The van der Waals surface area contributed by atoms with E-state index in [1.807, 2.05) is 25.1 Å². The number of thioether (sulfide) groups is 1. The fraction of sp³-hybridized carbons (Fsp3) is 0.526. The molecule has 1 aromatic carbocycles. The number of H-pyrrole nitrogens is 1. The summed E-state index contributed by atoms with van der Waals surface area (Å²) < 4.78 is 5.50. The van der Waals surface area contributed by atoms with Crippen molar-refractivity contribution in [2.24, 2.45) is 0 Å². The van der Waals surface area contributed by atoms with Gasteiger partial charge in [-0.15, -0.1) is 0 Å². The van der Waals surface area contributed by atoms with E-state index in [1.54, 1.807) is 11.9 Å². The number of carbonyl (C=O) groups is 1. The molecule has 0 unspecified atom stereocenters. The standard InChI is InChI=1S/C19H24N4O2S/c1-3-25-14-7-8-15-16(11-14)22-18(21-15)26-12-17(24)23(2)19(13-20)9-5-4-6-10-19/h7-8,11H,3-6,9-10,12H2,1-2H3,(H,21,22). The summed E-state index contributed by atoms with van der Waals surface area (Å²) >= 11 is 1.37. The van der Waals surface area contributed by atoms with Crippen molar-refractivity contribution in [1.29, 1.82) is 5.26 Å². The van der Waals surface area contributed by atoms with Crippen molar-refractivity contribution in [2.45, 2.75) is 49.7 Å². The minimum absolute atomic E-state index is 0.0334. The number of nitrogens with zero attached hydrogens (tertiary/aromatic N) is 3. The average molecular weight is 372 g/mol. The van der Waals surface area contributed by atoms with Crippen molar-refractivity contribution in [3.63, 3.8) is 0 Å². The number of benzene rings is 1. The minimum Gasteiger partial charge on any atom is -0.494 e. The van der Waals surface area contributed by atoms with Crippen LogP contribution < -0.4 is 4.74 Å². The maximum Gasteiger partial charge on any atom is 0.234 e. The average Bonchev–Trinajstić information content (AvgIpc) is 3.08. The maximum absolute atomic E-state index is 12.6. The SMILES string of the molecule is CCOc1ccc2nc(SCC(=O)N(C)C3(C#N)CCCCC3)[nH]c2c1. The van der Waals surface area contributed by atoms with E-state index in [9.17, 15) is 10.1 Å². The molecule has 0 aliphatic heterocycles. The molecular formula is C19H24N4O2S. The van der Waals surface area contributed by atoms with Crippen LogP contribution in [0.2, 0.25) is 0 Å². The molecule has 6 nitrogen and oxygen atoms in total. The van der Waals surface area contributed by atoms with Gasteiger partial charge in [0.05, 0.1) is 29.5 Å². The molecule has 1 fully saturated rings. The molecule has 1 amide bonds. The second kappa shape index (κ2) is 8.00. The van der Waals surface area contributed by atoms with Crippen LogP contribution in [0.25, 0.3) is 11.0 Å². The summed E-state index contributed by atoms with van der Waals surface area (Å²) in [5, 5.41) is 10.3. The lowest BCUT2D eigenvalue weighted by Gasteiger charge is -2.39. The second-order valence-corrected chi connectivity index (χ2v) is 7.56. The number of rotatable bonds is 6. The third-order valence-corrected chi connectivity index (χ3v) is 5.84. The van der Waals surface area contributed by atoms with Gasteiger partial charge in [-0.1, -0.05) is 31.0 Å². The number of carbonyl (C=O) groups excluding carboxylic acids is 1. The number of aromatic nitrogens is 2. The number of imidazole rings is 1. The normalized spacial score (nSPS) is 16.2. The van der Waals surface area contributed by atoms with Crippen molar-refractivity contribution in [3.8, 4) is 11.8 Å². The van der Waals surface area contributed by atoms with E-state index in [-0.39, 0.29) is 11.7 Å². The van der Waals surface area contributed by atoms with E-state index < -0.39 is 5.54 Å². The lowest BCUT2D eigenvalue weighted by molar-refractivity contribution is -0.131. The van der Waals surface area contributed by atoms with E-state index in [2.05, 4.69) is 16.0 Å². The van der Waals surface area contributed by atoms with Crippen LogP contribution in [0, 0.1) is 11.3 Å². The van der Waals surface area contributed by atoms with Crippen LogP contribution in [0.3, 0.4) is 0 Å². The summed E-state index contributed by atoms with van der Waals surface area (Å²) in [4.78, 5) is 22.0. The smallest absolute Gasteiger partial charge is 0.234 e. The molecule has 0 radical (unpaired) electrons. The first kappa shape index (κ1) is 18.6. The summed E-state index contributed by atoms with van der Waals surface area (Å²) in [7, 11) is 1.75. The van der Waals surface area contributed by atoms with Crippen molar-refractivity contribution in [3.05, 3.63) is 18.2 Å². The predicted molar refractivity (Wildman–Crippen MR) is 102 cm³/mol. The number of ether oxygens (including phenoxy) is 1.